The minimum Gasteiger partial charge on any atom is -0.310 e. The van der Waals surface area contributed by atoms with Crippen molar-refractivity contribution < 1.29 is 8.42 Å². The number of rotatable bonds is 6. The largest absolute Gasteiger partial charge is 0.310 e. The molecule has 1 fully saturated rings. The van der Waals surface area contributed by atoms with E-state index >= 15 is 0 Å². The molecule has 6 heteroatoms. The summed E-state index contributed by atoms with van der Waals surface area (Å²) in [6, 6.07) is 7.79. The predicted molar refractivity (Wildman–Crippen MR) is 93.7 cm³/mol. The standard InChI is InChI=1S/C16H26N2O2S2/c1-13(2)18(3)22(19,20)16-6-4-14(5-7-16)12-17-15-8-10-21-11-9-15/h4-7,13,15,17H,8-12H2,1-3H3. The van der Waals surface area contributed by atoms with Crippen LogP contribution >= 0.6 is 11.8 Å². The van der Waals surface area contributed by atoms with Gasteiger partial charge in [0.1, 0.15) is 0 Å². The lowest BCUT2D eigenvalue weighted by atomic mass is 10.1. The van der Waals surface area contributed by atoms with Crippen molar-refractivity contribution in [3.8, 4) is 0 Å². The Morgan fingerprint density at radius 2 is 1.82 bits per heavy atom. The lowest BCUT2D eigenvalue weighted by molar-refractivity contribution is 0.410. The monoisotopic (exact) mass is 342 g/mol. The van der Waals surface area contributed by atoms with Gasteiger partial charge in [-0.2, -0.15) is 16.1 Å². The van der Waals surface area contributed by atoms with Crippen LogP contribution in [-0.2, 0) is 16.6 Å². The first kappa shape index (κ1) is 17.8. The Labute approximate surface area is 138 Å². The van der Waals surface area contributed by atoms with Crippen molar-refractivity contribution in [1.29, 1.82) is 0 Å². The first-order valence-corrected chi connectivity index (χ1v) is 10.4. The molecule has 0 amide bonds. The zero-order valence-electron chi connectivity index (χ0n) is 13.6. The summed E-state index contributed by atoms with van der Waals surface area (Å²) < 4.78 is 26.2. The van der Waals surface area contributed by atoms with Gasteiger partial charge in [-0.1, -0.05) is 12.1 Å². The number of hydrogen-bond donors (Lipinski definition) is 1. The highest BCUT2D eigenvalue weighted by Gasteiger charge is 2.22. The number of benzene rings is 1. The van der Waals surface area contributed by atoms with E-state index in [2.05, 4.69) is 5.32 Å². The second-order valence-corrected chi connectivity index (χ2v) is 9.25. The summed E-state index contributed by atoms with van der Waals surface area (Å²) in [6.45, 7) is 4.55. The maximum Gasteiger partial charge on any atom is 0.243 e. The first-order chi connectivity index (χ1) is 10.4. The van der Waals surface area contributed by atoms with E-state index in [1.165, 1.54) is 28.7 Å². The van der Waals surface area contributed by atoms with Gasteiger partial charge in [-0.15, -0.1) is 0 Å². The summed E-state index contributed by atoms with van der Waals surface area (Å²) >= 11 is 2.02. The van der Waals surface area contributed by atoms with Crippen LogP contribution < -0.4 is 5.32 Å². The molecule has 2 rings (SSSR count). The molecule has 124 valence electrons. The maximum atomic E-state index is 12.4. The average molecular weight is 343 g/mol. The fourth-order valence-electron chi connectivity index (χ4n) is 2.39. The van der Waals surface area contributed by atoms with Crippen LogP contribution in [0.1, 0.15) is 32.3 Å². The maximum absolute atomic E-state index is 12.4. The zero-order chi connectivity index (χ0) is 16.2. The van der Waals surface area contributed by atoms with Gasteiger partial charge in [0.2, 0.25) is 10.0 Å². The SMILES string of the molecule is CC(C)N(C)S(=O)(=O)c1ccc(CNC2CCSCC2)cc1. The quantitative estimate of drug-likeness (QED) is 0.863. The summed E-state index contributed by atoms with van der Waals surface area (Å²) in [5, 5.41) is 3.56. The number of sulfonamides is 1. The van der Waals surface area contributed by atoms with Crippen molar-refractivity contribution in [1.82, 2.24) is 9.62 Å². The van der Waals surface area contributed by atoms with Crippen molar-refractivity contribution in [3.63, 3.8) is 0 Å². The van der Waals surface area contributed by atoms with Crippen molar-refractivity contribution in [3.05, 3.63) is 29.8 Å². The molecule has 4 nitrogen and oxygen atoms in total. The van der Waals surface area contributed by atoms with Crippen LogP contribution in [0, 0.1) is 0 Å². The second kappa shape index (κ2) is 7.81. The van der Waals surface area contributed by atoms with Gasteiger partial charge in [-0.05, 0) is 55.9 Å². The molecule has 0 aromatic heterocycles. The Morgan fingerprint density at radius 1 is 1.23 bits per heavy atom. The van der Waals surface area contributed by atoms with E-state index in [0.717, 1.165) is 12.1 Å². The van der Waals surface area contributed by atoms with Crippen molar-refractivity contribution in [2.24, 2.45) is 0 Å². The van der Waals surface area contributed by atoms with E-state index in [0.29, 0.717) is 10.9 Å². The van der Waals surface area contributed by atoms with E-state index in [4.69, 9.17) is 0 Å². The summed E-state index contributed by atoms with van der Waals surface area (Å²) in [5.74, 6) is 2.47. The summed E-state index contributed by atoms with van der Waals surface area (Å²) in [4.78, 5) is 0.363. The molecule has 0 radical (unpaired) electrons. The third-order valence-corrected chi connectivity index (χ3v) is 7.24. The Bertz CT molecular complexity index is 564. The third-order valence-electron chi connectivity index (χ3n) is 4.14. The average Bonchev–Trinajstić information content (AvgIpc) is 2.53. The van der Waals surface area contributed by atoms with Crippen LogP contribution in [0.5, 0.6) is 0 Å². The van der Waals surface area contributed by atoms with Crippen LogP contribution in [0.25, 0.3) is 0 Å². The molecule has 1 saturated heterocycles. The fraction of sp³-hybridized carbons (Fsp3) is 0.625. The van der Waals surface area contributed by atoms with Crippen molar-refractivity contribution >= 4 is 21.8 Å². The van der Waals surface area contributed by atoms with Crippen LogP contribution in [0.2, 0.25) is 0 Å². The molecule has 0 unspecified atom stereocenters. The molecule has 0 aliphatic carbocycles. The van der Waals surface area contributed by atoms with Crippen LogP contribution in [0.3, 0.4) is 0 Å². The molecule has 0 saturated carbocycles. The van der Waals surface area contributed by atoms with Crippen molar-refractivity contribution in [2.75, 3.05) is 18.6 Å². The van der Waals surface area contributed by atoms with Crippen LogP contribution in [-0.4, -0.2) is 43.4 Å². The van der Waals surface area contributed by atoms with Crippen LogP contribution in [0.15, 0.2) is 29.2 Å². The molecular formula is C16H26N2O2S2. The van der Waals surface area contributed by atoms with Crippen LogP contribution in [0.4, 0.5) is 0 Å². The Hall–Kier alpha value is -0.560. The van der Waals surface area contributed by atoms with E-state index in [1.807, 2.05) is 37.7 Å². The molecule has 0 atom stereocenters. The Morgan fingerprint density at radius 3 is 2.36 bits per heavy atom. The number of hydrogen-bond acceptors (Lipinski definition) is 4. The predicted octanol–water partition coefficient (Wildman–Crippen LogP) is 2.70. The Balaban J connectivity index is 1.98. The molecule has 0 bridgehead atoms. The lowest BCUT2D eigenvalue weighted by Crippen LogP contribution is -2.33. The molecule has 1 aliphatic heterocycles. The number of nitrogens with one attached hydrogen (secondary N) is 1. The number of thioether (sulfide) groups is 1. The van der Waals surface area contributed by atoms with Gasteiger partial charge in [0, 0.05) is 25.7 Å². The van der Waals surface area contributed by atoms with Gasteiger partial charge in [-0.3, -0.25) is 0 Å². The molecular weight excluding hydrogens is 316 g/mol. The first-order valence-electron chi connectivity index (χ1n) is 7.79. The van der Waals surface area contributed by atoms with E-state index < -0.39 is 10.0 Å². The third kappa shape index (κ3) is 4.47. The number of nitrogens with zero attached hydrogens (tertiary/aromatic N) is 1. The van der Waals surface area contributed by atoms with E-state index in [-0.39, 0.29) is 6.04 Å². The lowest BCUT2D eigenvalue weighted by Gasteiger charge is -2.23. The Kier molecular flexibility index (Phi) is 6.32. The molecule has 1 N–H and O–H groups in total. The minimum absolute atomic E-state index is 0.0458. The molecule has 0 spiro atoms. The van der Waals surface area contributed by atoms with E-state index in [9.17, 15) is 8.42 Å². The molecule has 1 aromatic rings. The summed E-state index contributed by atoms with van der Waals surface area (Å²) in [6.07, 6.45) is 2.44. The second-order valence-electron chi connectivity index (χ2n) is 6.03. The molecule has 1 aromatic carbocycles. The molecule has 1 aliphatic rings. The highest BCUT2D eigenvalue weighted by molar-refractivity contribution is 7.99. The highest BCUT2D eigenvalue weighted by Crippen LogP contribution is 2.19. The van der Waals surface area contributed by atoms with Crippen molar-refractivity contribution in [2.45, 2.75) is 50.2 Å². The highest BCUT2D eigenvalue weighted by atomic mass is 32.2. The molecule has 1 heterocycles. The van der Waals surface area contributed by atoms with E-state index in [1.54, 1.807) is 19.2 Å². The van der Waals surface area contributed by atoms with Gasteiger partial charge in [0.05, 0.1) is 4.90 Å². The van der Waals surface area contributed by atoms with Gasteiger partial charge < -0.3 is 5.32 Å². The molecule has 22 heavy (non-hydrogen) atoms. The summed E-state index contributed by atoms with van der Waals surface area (Å²) in [5.41, 5.74) is 1.13. The normalized spacial score (nSPS) is 17.3. The van der Waals surface area contributed by atoms with Gasteiger partial charge >= 0.3 is 0 Å². The minimum atomic E-state index is -3.38. The summed E-state index contributed by atoms with van der Waals surface area (Å²) in [7, 11) is -1.76. The smallest absolute Gasteiger partial charge is 0.243 e. The topological polar surface area (TPSA) is 49.4 Å². The van der Waals surface area contributed by atoms with Gasteiger partial charge in [0.15, 0.2) is 0 Å². The van der Waals surface area contributed by atoms with Gasteiger partial charge in [0.25, 0.3) is 0 Å². The fourth-order valence-corrected chi connectivity index (χ4v) is 4.86. The zero-order valence-corrected chi connectivity index (χ0v) is 15.2. The van der Waals surface area contributed by atoms with Gasteiger partial charge in [-0.25, -0.2) is 8.42 Å².